The minimum atomic E-state index is 0.503. The Balaban J connectivity index is 2.81. The first-order valence-corrected chi connectivity index (χ1v) is 5.65. The monoisotopic (exact) mass is 219 g/mol. The number of hydrogen-bond acceptors (Lipinski definition) is 2. The van der Waals surface area contributed by atoms with Crippen molar-refractivity contribution >= 4 is 6.08 Å². The first-order valence-electron chi connectivity index (χ1n) is 5.65. The van der Waals surface area contributed by atoms with Crippen LogP contribution in [0.15, 0.2) is 29.8 Å². The van der Waals surface area contributed by atoms with E-state index < -0.39 is 0 Å². The molecule has 0 atom stereocenters. The number of benzene rings is 1. The molecule has 0 aliphatic carbocycles. The zero-order valence-electron chi connectivity index (χ0n) is 10.4. The van der Waals surface area contributed by atoms with Crippen LogP contribution >= 0.6 is 0 Å². The van der Waals surface area contributed by atoms with Gasteiger partial charge in [-0.15, -0.1) is 0 Å². The highest BCUT2D eigenvalue weighted by Crippen LogP contribution is 2.14. The van der Waals surface area contributed by atoms with Crippen molar-refractivity contribution in [1.29, 1.82) is 0 Å². The average molecular weight is 219 g/mol. The molecule has 0 aliphatic rings. The van der Waals surface area contributed by atoms with Crippen LogP contribution in [-0.2, 0) is 11.3 Å². The van der Waals surface area contributed by atoms with Crippen molar-refractivity contribution < 1.29 is 4.74 Å². The largest absolute Gasteiger partial charge is 0.380 e. The lowest BCUT2D eigenvalue weighted by Gasteiger charge is -2.08. The highest BCUT2D eigenvalue weighted by Gasteiger charge is 2.00. The normalized spacial score (nSPS) is 12.2. The van der Waals surface area contributed by atoms with E-state index in [9.17, 15) is 0 Å². The Kier molecular flexibility index (Phi) is 5.23. The summed E-state index contributed by atoms with van der Waals surface area (Å²) < 4.78 is 5.07. The molecule has 0 aromatic heterocycles. The predicted molar refractivity (Wildman–Crippen MR) is 69.0 cm³/mol. The van der Waals surface area contributed by atoms with Gasteiger partial charge in [0.15, 0.2) is 0 Å². The molecular weight excluding hydrogens is 198 g/mol. The molecule has 0 aliphatic heterocycles. The third-order valence-electron chi connectivity index (χ3n) is 2.62. The van der Waals surface area contributed by atoms with Crippen LogP contribution in [0.2, 0.25) is 0 Å². The molecule has 0 unspecified atom stereocenters. The van der Waals surface area contributed by atoms with Gasteiger partial charge in [0.25, 0.3) is 0 Å². The van der Waals surface area contributed by atoms with Crippen LogP contribution in [0.4, 0.5) is 0 Å². The summed E-state index contributed by atoms with van der Waals surface area (Å²) in [6.45, 7) is 5.62. The maximum Gasteiger partial charge on any atom is 0.0713 e. The summed E-state index contributed by atoms with van der Waals surface area (Å²) in [6, 6.07) is 8.38. The fourth-order valence-electron chi connectivity index (χ4n) is 1.55. The SMILES string of the molecule is COCc1ccc(C=C(CN)C(C)C)cc1. The first-order chi connectivity index (χ1) is 7.67. The van der Waals surface area contributed by atoms with Gasteiger partial charge in [-0.2, -0.15) is 0 Å². The highest BCUT2D eigenvalue weighted by atomic mass is 16.5. The molecule has 0 bridgehead atoms. The zero-order chi connectivity index (χ0) is 12.0. The predicted octanol–water partition coefficient (Wildman–Crippen LogP) is 2.83. The van der Waals surface area contributed by atoms with Crippen LogP contribution in [-0.4, -0.2) is 13.7 Å². The van der Waals surface area contributed by atoms with Gasteiger partial charge in [-0.05, 0) is 17.0 Å². The van der Waals surface area contributed by atoms with Gasteiger partial charge in [0.2, 0.25) is 0 Å². The quantitative estimate of drug-likeness (QED) is 0.826. The Bertz CT molecular complexity index is 338. The van der Waals surface area contributed by atoms with E-state index in [2.05, 4.69) is 44.2 Å². The van der Waals surface area contributed by atoms with E-state index in [1.807, 2.05) is 0 Å². The lowest BCUT2D eigenvalue weighted by Crippen LogP contribution is -2.08. The molecule has 0 heterocycles. The maximum atomic E-state index is 5.71. The van der Waals surface area contributed by atoms with Gasteiger partial charge in [0.1, 0.15) is 0 Å². The molecule has 0 spiro atoms. The molecule has 0 saturated heterocycles. The summed E-state index contributed by atoms with van der Waals surface area (Å²) in [4.78, 5) is 0. The third kappa shape index (κ3) is 3.80. The first kappa shape index (κ1) is 12.9. The number of methoxy groups -OCH3 is 1. The molecule has 1 aromatic carbocycles. The van der Waals surface area contributed by atoms with Gasteiger partial charge in [-0.25, -0.2) is 0 Å². The Hall–Kier alpha value is -1.12. The van der Waals surface area contributed by atoms with Crippen molar-refractivity contribution in [2.24, 2.45) is 11.7 Å². The molecule has 0 fully saturated rings. The molecule has 1 rings (SSSR count). The van der Waals surface area contributed by atoms with Crippen LogP contribution in [0.25, 0.3) is 6.08 Å². The van der Waals surface area contributed by atoms with Gasteiger partial charge in [0.05, 0.1) is 6.61 Å². The summed E-state index contributed by atoms with van der Waals surface area (Å²) in [5, 5.41) is 0. The van der Waals surface area contributed by atoms with Crippen LogP contribution in [0, 0.1) is 5.92 Å². The van der Waals surface area contributed by atoms with Crippen molar-refractivity contribution in [2.45, 2.75) is 20.5 Å². The molecule has 0 amide bonds. The summed E-state index contributed by atoms with van der Waals surface area (Å²) in [5.41, 5.74) is 9.38. The molecule has 0 saturated carbocycles. The Labute approximate surface area is 98.1 Å². The Morgan fingerprint density at radius 3 is 2.38 bits per heavy atom. The minimum Gasteiger partial charge on any atom is -0.380 e. The minimum absolute atomic E-state index is 0.503. The van der Waals surface area contributed by atoms with Crippen molar-refractivity contribution in [1.82, 2.24) is 0 Å². The van der Waals surface area contributed by atoms with Crippen molar-refractivity contribution in [3.63, 3.8) is 0 Å². The summed E-state index contributed by atoms with van der Waals surface area (Å²) >= 11 is 0. The second kappa shape index (κ2) is 6.46. The van der Waals surface area contributed by atoms with Crippen LogP contribution in [0.5, 0.6) is 0 Å². The van der Waals surface area contributed by atoms with E-state index in [4.69, 9.17) is 10.5 Å². The Morgan fingerprint density at radius 2 is 1.94 bits per heavy atom. The molecular formula is C14H21NO. The van der Waals surface area contributed by atoms with E-state index in [0.29, 0.717) is 19.1 Å². The van der Waals surface area contributed by atoms with Gasteiger partial charge < -0.3 is 10.5 Å². The lowest BCUT2D eigenvalue weighted by atomic mass is 10.00. The van der Waals surface area contributed by atoms with E-state index in [1.165, 1.54) is 16.7 Å². The van der Waals surface area contributed by atoms with Crippen LogP contribution in [0.3, 0.4) is 0 Å². The van der Waals surface area contributed by atoms with E-state index >= 15 is 0 Å². The smallest absolute Gasteiger partial charge is 0.0713 e. The fraction of sp³-hybridized carbons (Fsp3) is 0.429. The maximum absolute atomic E-state index is 5.71. The summed E-state index contributed by atoms with van der Waals surface area (Å²) in [5.74, 6) is 0.503. The third-order valence-corrected chi connectivity index (χ3v) is 2.62. The van der Waals surface area contributed by atoms with Crippen molar-refractivity contribution in [3.05, 3.63) is 41.0 Å². The number of hydrogen-bond donors (Lipinski definition) is 1. The summed E-state index contributed by atoms with van der Waals surface area (Å²) in [7, 11) is 1.71. The van der Waals surface area contributed by atoms with Crippen molar-refractivity contribution in [2.75, 3.05) is 13.7 Å². The molecule has 2 N–H and O–H groups in total. The second-order valence-corrected chi connectivity index (χ2v) is 4.25. The van der Waals surface area contributed by atoms with Crippen LogP contribution < -0.4 is 5.73 Å². The molecule has 2 nitrogen and oxygen atoms in total. The average Bonchev–Trinajstić information content (AvgIpc) is 2.28. The van der Waals surface area contributed by atoms with Gasteiger partial charge in [-0.1, -0.05) is 49.8 Å². The molecule has 1 aromatic rings. The van der Waals surface area contributed by atoms with E-state index in [0.717, 1.165) is 0 Å². The highest BCUT2D eigenvalue weighted by molar-refractivity contribution is 5.54. The number of rotatable bonds is 5. The van der Waals surface area contributed by atoms with Gasteiger partial charge >= 0.3 is 0 Å². The van der Waals surface area contributed by atoms with Crippen molar-refractivity contribution in [3.8, 4) is 0 Å². The standard InChI is InChI=1S/C14H21NO/c1-11(2)14(9-15)8-12-4-6-13(7-5-12)10-16-3/h4-8,11H,9-10,15H2,1-3H3. The molecule has 2 heteroatoms. The number of nitrogens with two attached hydrogens (primary N) is 1. The fourth-order valence-corrected chi connectivity index (χ4v) is 1.55. The molecule has 16 heavy (non-hydrogen) atoms. The van der Waals surface area contributed by atoms with E-state index in [1.54, 1.807) is 7.11 Å². The Morgan fingerprint density at radius 1 is 1.31 bits per heavy atom. The molecule has 0 radical (unpaired) electrons. The van der Waals surface area contributed by atoms with E-state index in [-0.39, 0.29) is 0 Å². The van der Waals surface area contributed by atoms with Gasteiger partial charge in [-0.3, -0.25) is 0 Å². The zero-order valence-corrected chi connectivity index (χ0v) is 10.4. The molecule has 88 valence electrons. The van der Waals surface area contributed by atoms with Gasteiger partial charge in [0, 0.05) is 13.7 Å². The number of ether oxygens (including phenoxy) is 1. The van der Waals surface area contributed by atoms with Crippen LogP contribution in [0.1, 0.15) is 25.0 Å². The second-order valence-electron chi connectivity index (χ2n) is 4.25. The summed E-state index contributed by atoms with van der Waals surface area (Å²) in [6.07, 6.45) is 2.17. The topological polar surface area (TPSA) is 35.2 Å². The lowest BCUT2D eigenvalue weighted by molar-refractivity contribution is 0.185.